The smallest absolute Gasteiger partial charge is 0.316 e. The third-order valence-corrected chi connectivity index (χ3v) is 5.65. The number of hydrogen-bond acceptors (Lipinski definition) is 4. The van der Waals surface area contributed by atoms with Crippen LogP contribution in [-0.4, -0.2) is 34.6 Å². The van der Waals surface area contributed by atoms with Gasteiger partial charge < -0.3 is 9.84 Å². The monoisotopic (exact) mass is 425 g/mol. The molecule has 0 bridgehead atoms. The first-order chi connectivity index (χ1) is 14.5. The van der Waals surface area contributed by atoms with Crippen LogP contribution in [0.5, 0.6) is 5.75 Å². The van der Waals surface area contributed by atoms with E-state index in [0.717, 1.165) is 24.1 Å². The van der Waals surface area contributed by atoms with Crippen LogP contribution in [0.1, 0.15) is 77.5 Å². The van der Waals surface area contributed by atoms with Gasteiger partial charge in [-0.1, -0.05) is 36.4 Å². The lowest BCUT2D eigenvalue weighted by Gasteiger charge is -2.32. The molecule has 0 aliphatic rings. The summed E-state index contributed by atoms with van der Waals surface area (Å²) in [7, 11) is 0. The van der Waals surface area contributed by atoms with Gasteiger partial charge in [-0.15, -0.1) is 0 Å². The lowest BCUT2D eigenvalue weighted by Crippen LogP contribution is -2.38. The van der Waals surface area contributed by atoms with Gasteiger partial charge in [-0.25, -0.2) is 0 Å². The van der Waals surface area contributed by atoms with Crippen LogP contribution in [0.2, 0.25) is 0 Å². The van der Waals surface area contributed by atoms with Gasteiger partial charge in [-0.2, -0.15) is 0 Å². The summed E-state index contributed by atoms with van der Waals surface area (Å²) < 4.78 is 5.88. The second kappa shape index (κ2) is 10.9. The molecule has 2 rings (SSSR count). The largest absolute Gasteiger partial charge is 0.426 e. The Balaban J connectivity index is 2.50. The zero-order valence-corrected chi connectivity index (χ0v) is 20.2. The molecule has 4 heteroatoms. The molecule has 0 amide bonds. The predicted octanol–water partition coefficient (Wildman–Crippen LogP) is 5.77. The van der Waals surface area contributed by atoms with Crippen LogP contribution in [0.4, 0.5) is 0 Å². The Morgan fingerprint density at radius 2 is 1.61 bits per heavy atom. The van der Waals surface area contributed by atoms with E-state index < -0.39 is 5.41 Å². The van der Waals surface area contributed by atoms with Gasteiger partial charge in [0.2, 0.25) is 0 Å². The van der Waals surface area contributed by atoms with Crippen LogP contribution in [0.15, 0.2) is 48.5 Å². The number of esters is 1. The molecule has 0 fully saturated rings. The first kappa shape index (κ1) is 25.1. The van der Waals surface area contributed by atoms with Crippen molar-refractivity contribution in [2.45, 2.75) is 79.5 Å². The van der Waals surface area contributed by atoms with Crippen LogP contribution >= 0.6 is 0 Å². The zero-order chi connectivity index (χ0) is 23.2. The lowest BCUT2D eigenvalue weighted by atomic mass is 9.86. The van der Waals surface area contributed by atoms with E-state index in [-0.39, 0.29) is 18.5 Å². The van der Waals surface area contributed by atoms with Crippen molar-refractivity contribution in [3.8, 4) is 5.75 Å². The van der Waals surface area contributed by atoms with Crippen molar-refractivity contribution in [2.75, 3.05) is 6.54 Å². The number of benzene rings is 2. The highest BCUT2D eigenvalue weighted by atomic mass is 16.5. The summed E-state index contributed by atoms with van der Waals surface area (Å²) >= 11 is 0. The molecule has 0 aromatic heterocycles. The van der Waals surface area contributed by atoms with Crippen LogP contribution in [0.25, 0.3) is 0 Å². The van der Waals surface area contributed by atoms with Crippen LogP contribution in [-0.2, 0) is 11.4 Å². The molecule has 0 radical (unpaired) electrons. The van der Waals surface area contributed by atoms with Gasteiger partial charge in [0, 0.05) is 23.6 Å². The summed E-state index contributed by atoms with van der Waals surface area (Å²) in [5, 5.41) is 9.76. The summed E-state index contributed by atoms with van der Waals surface area (Å²) in [6.07, 6.45) is 0.884. The number of carbonyl (C=O) groups is 1. The molecule has 170 valence electrons. The van der Waals surface area contributed by atoms with Crippen LogP contribution < -0.4 is 4.74 Å². The Kier molecular flexibility index (Phi) is 8.84. The van der Waals surface area contributed by atoms with Gasteiger partial charge in [0.05, 0.1) is 12.0 Å². The summed E-state index contributed by atoms with van der Waals surface area (Å²) in [6.45, 7) is 15.3. The first-order valence-corrected chi connectivity index (χ1v) is 11.3. The average molecular weight is 426 g/mol. The van der Waals surface area contributed by atoms with E-state index in [0.29, 0.717) is 17.8 Å². The minimum absolute atomic E-state index is 0.0495. The minimum atomic E-state index is -0.596. The van der Waals surface area contributed by atoms with Crippen molar-refractivity contribution >= 4 is 5.97 Å². The van der Waals surface area contributed by atoms with Gasteiger partial charge >= 0.3 is 5.97 Å². The van der Waals surface area contributed by atoms with E-state index in [9.17, 15) is 9.90 Å². The molecule has 2 aromatic rings. The minimum Gasteiger partial charge on any atom is -0.426 e. The van der Waals surface area contributed by atoms with E-state index in [1.807, 2.05) is 57.2 Å². The number of aliphatic hydroxyl groups is 1. The van der Waals surface area contributed by atoms with Gasteiger partial charge in [0.15, 0.2) is 0 Å². The Bertz CT molecular complexity index is 829. The number of ether oxygens (including phenoxy) is 1. The molecule has 1 N–H and O–H groups in total. The fraction of sp³-hybridized carbons (Fsp3) is 0.519. The Morgan fingerprint density at radius 3 is 2.13 bits per heavy atom. The molecular weight excluding hydrogens is 386 g/mol. The van der Waals surface area contributed by atoms with Gasteiger partial charge in [-0.3, -0.25) is 9.69 Å². The number of aliphatic hydroxyl groups excluding tert-OH is 1. The molecular formula is C27H39NO3. The van der Waals surface area contributed by atoms with E-state index in [1.54, 1.807) is 0 Å². The molecule has 0 heterocycles. The highest BCUT2D eigenvalue weighted by molar-refractivity contribution is 5.78. The molecule has 1 atom stereocenters. The maximum atomic E-state index is 12.7. The van der Waals surface area contributed by atoms with E-state index in [2.05, 4.69) is 44.7 Å². The Morgan fingerprint density at radius 1 is 1.00 bits per heavy atom. The molecule has 4 nitrogen and oxygen atoms in total. The van der Waals surface area contributed by atoms with Crippen molar-refractivity contribution < 1.29 is 14.6 Å². The van der Waals surface area contributed by atoms with Gasteiger partial charge in [0.25, 0.3) is 0 Å². The summed E-state index contributed by atoms with van der Waals surface area (Å²) in [5.41, 5.74) is 2.35. The molecule has 0 aliphatic heterocycles. The summed E-state index contributed by atoms with van der Waals surface area (Å²) in [6, 6.07) is 16.9. The molecule has 1 unspecified atom stereocenters. The fourth-order valence-corrected chi connectivity index (χ4v) is 3.89. The molecule has 31 heavy (non-hydrogen) atoms. The standard InChI is InChI=1S/C27H39NO3/c1-19(2)28(20(3)4)16-15-23(22-11-9-8-10-12-22)24-17-21(18-29)13-14-25(24)31-26(30)27(5,6)7/h8-14,17,19-20,23,29H,15-16,18H2,1-7H3. The quantitative estimate of drug-likeness (QED) is 0.409. The number of nitrogens with zero attached hydrogens (tertiary/aromatic N) is 1. The third kappa shape index (κ3) is 6.91. The number of rotatable bonds is 9. The third-order valence-electron chi connectivity index (χ3n) is 5.65. The van der Waals surface area contributed by atoms with Crippen molar-refractivity contribution in [3.63, 3.8) is 0 Å². The molecule has 0 spiro atoms. The molecule has 0 saturated carbocycles. The van der Waals surface area contributed by atoms with Crippen molar-refractivity contribution in [1.82, 2.24) is 4.90 Å². The zero-order valence-electron chi connectivity index (χ0n) is 20.2. The maximum Gasteiger partial charge on any atom is 0.316 e. The van der Waals surface area contributed by atoms with Crippen molar-refractivity contribution in [2.24, 2.45) is 5.41 Å². The van der Waals surface area contributed by atoms with Crippen molar-refractivity contribution in [3.05, 3.63) is 65.2 Å². The van der Waals surface area contributed by atoms with Gasteiger partial charge in [0.1, 0.15) is 5.75 Å². The topological polar surface area (TPSA) is 49.8 Å². The second-order valence-corrected chi connectivity index (χ2v) is 9.85. The average Bonchev–Trinajstić information content (AvgIpc) is 2.71. The van der Waals surface area contributed by atoms with E-state index in [4.69, 9.17) is 4.74 Å². The van der Waals surface area contributed by atoms with E-state index >= 15 is 0 Å². The number of hydrogen-bond donors (Lipinski definition) is 1. The van der Waals surface area contributed by atoms with Crippen LogP contribution in [0.3, 0.4) is 0 Å². The fourth-order valence-electron chi connectivity index (χ4n) is 3.89. The Labute approximate surface area is 188 Å². The Hall–Kier alpha value is -2.17. The van der Waals surface area contributed by atoms with Crippen molar-refractivity contribution in [1.29, 1.82) is 0 Å². The summed E-state index contributed by atoms with van der Waals surface area (Å²) in [4.78, 5) is 15.1. The second-order valence-electron chi connectivity index (χ2n) is 9.85. The molecule has 0 aliphatic carbocycles. The van der Waals surface area contributed by atoms with E-state index in [1.165, 1.54) is 5.56 Å². The molecule has 0 saturated heterocycles. The van der Waals surface area contributed by atoms with Gasteiger partial charge in [-0.05, 0) is 84.7 Å². The maximum absolute atomic E-state index is 12.7. The SMILES string of the molecule is CC(C)N(CCC(c1ccccc1)c1cc(CO)ccc1OC(=O)C(C)(C)C)C(C)C. The number of carbonyl (C=O) groups excluding carboxylic acids is 1. The lowest BCUT2D eigenvalue weighted by molar-refractivity contribution is -0.143. The van der Waals surface area contributed by atoms with Crippen LogP contribution in [0, 0.1) is 5.41 Å². The highest BCUT2D eigenvalue weighted by Crippen LogP contribution is 2.36. The highest BCUT2D eigenvalue weighted by Gasteiger charge is 2.27. The molecule has 2 aromatic carbocycles. The predicted molar refractivity (Wildman–Crippen MR) is 127 cm³/mol. The summed E-state index contributed by atoms with van der Waals surface area (Å²) in [5.74, 6) is 0.366. The normalized spacial score (nSPS) is 13.1. The first-order valence-electron chi connectivity index (χ1n) is 11.3.